The maximum absolute atomic E-state index is 14.7. The molecule has 0 radical (unpaired) electrons. The number of rotatable bonds is 9. The van der Waals surface area contributed by atoms with Crippen LogP contribution >= 0.6 is 0 Å². The first kappa shape index (κ1) is 23.5. The first-order valence-corrected chi connectivity index (χ1v) is 11.9. The normalized spacial score (nSPS) is 11.5. The van der Waals surface area contributed by atoms with Crippen molar-refractivity contribution in [2.75, 3.05) is 12.4 Å². The molecule has 3 rings (SSSR count). The van der Waals surface area contributed by atoms with Gasteiger partial charge in [0, 0.05) is 36.6 Å². The number of aromatic nitrogens is 2. The minimum atomic E-state index is -3.53. The Balaban J connectivity index is 1.81. The molecule has 170 valence electrons. The van der Waals surface area contributed by atoms with E-state index in [2.05, 4.69) is 4.98 Å². The number of benzene rings is 1. The Hall–Kier alpha value is -3.20. The van der Waals surface area contributed by atoms with E-state index in [0.717, 1.165) is 18.1 Å². The van der Waals surface area contributed by atoms with Gasteiger partial charge in [-0.3, -0.25) is 9.78 Å². The molecule has 0 atom stereocenters. The molecule has 0 saturated heterocycles. The van der Waals surface area contributed by atoms with Crippen molar-refractivity contribution in [3.63, 3.8) is 0 Å². The van der Waals surface area contributed by atoms with Crippen molar-refractivity contribution in [3.05, 3.63) is 70.7 Å². The second-order valence-electron chi connectivity index (χ2n) is 7.36. The SMILES string of the molecule is CCS(=O)(=O)c1ccc(F)c(-c2cn(C)c(=O)cc2OCCCCc2ccncc2O)c1. The average molecular weight is 461 g/mol. The average Bonchev–Trinajstić information content (AvgIpc) is 2.77. The van der Waals surface area contributed by atoms with E-state index in [1.165, 1.54) is 49.1 Å². The largest absolute Gasteiger partial charge is 0.506 e. The number of aromatic hydroxyl groups is 1. The third kappa shape index (κ3) is 5.34. The Morgan fingerprint density at radius 1 is 1.16 bits per heavy atom. The van der Waals surface area contributed by atoms with E-state index in [9.17, 15) is 22.7 Å². The van der Waals surface area contributed by atoms with Gasteiger partial charge in [0.2, 0.25) is 0 Å². The van der Waals surface area contributed by atoms with Crippen LogP contribution in [0.1, 0.15) is 25.3 Å². The maximum atomic E-state index is 14.7. The molecular formula is C23H25FN2O5S. The molecule has 0 saturated carbocycles. The van der Waals surface area contributed by atoms with Crippen LogP contribution in [0.15, 0.2) is 58.6 Å². The number of nitrogens with zero attached hydrogens (tertiary/aromatic N) is 2. The van der Waals surface area contributed by atoms with E-state index in [1.54, 1.807) is 12.3 Å². The summed E-state index contributed by atoms with van der Waals surface area (Å²) >= 11 is 0. The van der Waals surface area contributed by atoms with Gasteiger partial charge in [0.25, 0.3) is 5.56 Å². The zero-order chi connectivity index (χ0) is 23.3. The van der Waals surface area contributed by atoms with Gasteiger partial charge in [-0.25, -0.2) is 12.8 Å². The van der Waals surface area contributed by atoms with Crippen LogP contribution in [-0.4, -0.2) is 35.4 Å². The maximum Gasteiger partial charge on any atom is 0.254 e. The molecule has 32 heavy (non-hydrogen) atoms. The lowest BCUT2D eigenvalue weighted by molar-refractivity contribution is 0.306. The van der Waals surface area contributed by atoms with E-state index in [0.29, 0.717) is 18.4 Å². The predicted molar refractivity (Wildman–Crippen MR) is 119 cm³/mol. The molecule has 0 fully saturated rings. The summed E-state index contributed by atoms with van der Waals surface area (Å²) < 4.78 is 46.3. The highest BCUT2D eigenvalue weighted by atomic mass is 32.2. The molecule has 2 heterocycles. The van der Waals surface area contributed by atoms with E-state index in [1.807, 2.05) is 0 Å². The second kappa shape index (κ2) is 9.95. The smallest absolute Gasteiger partial charge is 0.254 e. The lowest BCUT2D eigenvalue weighted by Crippen LogP contribution is -2.16. The third-order valence-electron chi connectivity index (χ3n) is 5.14. The number of sulfone groups is 1. The zero-order valence-corrected chi connectivity index (χ0v) is 18.7. The Morgan fingerprint density at radius 3 is 2.66 bits per heavy atom. The molecule has 7 nitrogen and oxygen atoms in total. The van der Waals surface area contributed by atoms with Crippen LogP contribution in [0.5, 0.6) is 11.5 Å². The van der Waals surface area contributed by atoms with Crippen molar-refractivity contribution in [2.45, 2.75) is 31.1 Å². The summed E-state index contributed by atoms with van der Waals surface area (Å²) in [6, 6.07) is 6.62. The van der Waals surface area contributed by atoms with E-state index in [-0.39, 0.29) is 39.9 Å². The number of hydrogen-bond acceptors (Lipinski definition) is 6. The standard InChI is InChI=1S/C23H25FN2O5S/c1-3-32(29,30)17-7-8-20(24)18(12-17)19-15-26(2)23(28)13-22(19)31-11-5-4-6-16-9-10-25-14-21(16)27/h7-10,12-15,27H,3-6,11H2,1-2H3. The molecule has 1 aromatic carbocycles. The minimum absolute atomic E-state index is 0.00774. The van der Waals surface area contributed by atoms with Crippen LogP contribution in [0.25, 0.3) is 11.1 Å². The van der Waals surface area contributed by atoms with Crippen LogP contribution in [0.4, 0.5) is 4.39 Å². The molecular weight excluding hydrogens is 435 g/mol. The highest BCUT2D eigenvalue weighted by Gasteiger charge is 2.18. The number of hydrogen-bond donors (Lipinski definition) is 1. The Labute approximate surface area is 186 Å². The summed E-state index contributed by atoms with van der Waals surface area (Å²) in [6.45, 7) is 1.78. The van der Waals surface area contributed by atoms with Gasteiger partial charge in [0.05, 0.1) is 23.5 Å². The molecule has 0 aliphatic rings. The third-order valence-corrected chi connectivity index (χ3v) is 6.88. The molecule has 0 aliphatic carbocycles. The number of pyridine rings is 2. The molecule has 9 heteroatoms. The molecule has 0 aliphatic heterocycles. The predicted octanol–water partition coefficient (Wildman–Crippen LogP) is 3.49. The second-order valence-corrected chi connectivity index (χ2v) is 9.63. The van der Waals surface area contributed by atoms with Crippen molar-refractivity contribution in [2.24, 2.45) is 7.05 Å². The molecule has 1 N–H and O–H groups in total. The van der Waals surface area contributed by atoms with Gasteiger partial charge in [-0.15, -0.1) is 0 Å². The lowest BCUT2D eigenvalue weighted by atomic mass is 10.1. The fourth-order valence-electron chi connectivity index (χ4n) is 3.23. The van der Waals surface area contributed by atoms with E-state index >= 15 is 0 Å². The Kier molecular flexibility index (Phi) is 7.29. The number of ether oxygens (including phenoxy) is 1. The van der Waals surface area contributed by atoms with Crippen LogP contribution in [0.3, 0.4) is 0 Å². The molecule has 0 unspecified atom stereocenters. The van der Waals surface area contributed by atoms with Crippen molar-refractivity contribution in [3.8, 4) is 22.6 Å². The fraction of sp³-hybridized carbons (Fsp3) is 0.304. The topological polar surface area (TPSA) is 98.5 Å². The summed E-state index contributed by atoms with van der Waals surface area (Å²) in [7, 11) is -2.00. The van der Waals surface area contributed by atoms with Crippen LogP contribution in [0, 0.1) is 5.82 Å². The van der Waals surface area contributed by atoms with Crippen LogP contribution < -0.4 is 10.3 Å². The first-order valence-electron chi connectivity index (χ1n) is 10.2. The molecule has 3 aromatic rings. The zero-order valence-electron chi connectivity index (χ0n) is 17.9. The molecule has 0 bridgehead atoms. The summed E-state index contributed by atoms with van der Waals surface area (Å²) in [5.41, 5.74) is 0.796. The van der Waals surface area contributed by atoms with Gasteiger partial charge < -0.3 is 14.4 Å². The molecule has 2 aromatic heterocycles. The van der Waals surface area contributed by atoms with Gasteiger partial charge in [-0.2, -0.15) is 0 Å². The van der Waals surface area contributed by atoms with Gasteiger partial charge in [-0.05, 0) is 49.1 Å². The lowest BCUT2D eigenvalue weighted by Gasteiger charge is -2.14. The highest BCUT2D eigenvalue weighted by Crippen LogP contribution is 2.32. The van der Waals surface area contributed by atoms with Crippen molar-refractivity contribution < 1.29 is 22.7 Å². The number of aryl methyl sites for hydroxylation is 2. The molecule has 0 spiro atoms. The Bertz CT molecular complexity index is 1270. The summed E-state index contributed by atoms with van der Waals surface area (Å²) in [5, 5.41) is 9.78. The van der Waals surface area contributed by atoms with E-state index in [4.69, 9.17) is 4.74 Å². The van der Waals surface area contributed by atoms with Gasteiger partial charge in [0.15, 0.2) is 9.84 Å². The fourth-order valence-corrected chi connectivity index (χ4v) is 4.14. The van der Waals surface area contributed by atoms with Crippen molar-refractivity contribution >= 4 is 9.84 Å². The first-order chi connectivity index (χ1) is 15.2. The number of halogens is 1. The van der Waals surface area contributed by atoms with E-state index < -0.39 is 15.7 Å². The van der Waals surface area contributed by atoms with Crippen LogP contribution in [-0.2, 0) is 23.3 Å². The van der Waals surface area contributed by atoms with Gasteiger partial charge >= 0.3 is 0 Å². The quantitative estimate of drug-likeness (QED) is 0.388. The summed E-state index contributed by atoms with van der Waals surface area (Å²) in [4.78, 5) is 16.0. The Morgan fingerprint density at radius 2 is 1.94 bits per heavy atom. The minimum Gasteiger partial charge on any atom is -0.506 e. The highest BCUT2D eigenvalue weighted by molar-refractivity contribution is 7.91. The van der Waals surface area contributed by atoms with Gasteiger partial charge in [-0.1, -0.05) is 6.92 Å². The van der Waals surface area contributed by atoms with Crippen molar-refractivity contribution in [1.29, 1.82) is 0 Å². The van der Waals surface area contributed by atoms with Crippen LogP contribution in [0.2, 0.25) is 0 Å². The number of unbranched alkanes of at least 4 members (excludes halogenated alkanes) is 1. The molecule has 0 amide bonds. The summed E-state index contributed by atoms with van der Waals surface area (Å²) in [6.07, 6.45) is 6.41. The van der Waals surface area contributed by atoms with Gasteiger partial charge in [0.1, 0.15) is 17.3 Å². The van der Waals surface area contributed by atoms with Crippen molar-refractivity contribution in [1.82, 2.24) is 9.55 Å². The monoisotopic (exact) mass is 460 g/mol. The summed E-state index contributed by atoms with van der Waals surface area (Å²) in [5.74, 6) is -0.400.